The Morgan fingerprint density at radius 1 is 1.80 bits per heavy atom. The van der Waals surface area contributed by atoms with Crippen LogP contribution in [0.1, 0.15) is 13.3 Å². The van der Waals surface area contributed by atoms with E-state index in [-0.39, 0.29) is 18.6 Å². The van der Waals surface area contributed by atoms with Crippen LogP contribution in [0.2, 0.25) is 0 Å². The molecule has 0 spiro atoms. The number of aliphatic hydroxyl groups excluding tert-OH is 1. The first-order valence-corrected chi connectivity index (χ1v) is 3.63. The van der Waals surface area contributed by atoms with E-state index in [1.54, 1.807) is 0 Å². The molecular formula is C7H13O2P. The van der Waals surface area contributed by atoms with Crippen LogP contribution in [-0.4, -0.2) is 17.8 Å². The average molecular weight is 160 g/mol. The van der Waals surface area contributed by atoms with Gasteiger partial charge in [-0.1, -0.05) is 6.92 Å². The van der Waals surface area contributed by atoms with Crippen LogP contribution in [0.4, 0.5) is 0 Å². The van der Waals surface area contributed by atoms with Gasteiger partial charge in [0.2, 0.25) is 0 Å². The van der Waals surface area contributed by atoms with E-state index < -0.39 is 0 Å². The van der Waals surface area contributed by atoms with Crippen LogP contribution in [0.15, 0.2) is 0 Å². The third-order valence-corrected chi connectivity index (χ3v) is 1.77. The SMILES string of the molecule is C#CCC(OP)C(C)CO. The van der Waals surface area contributed by atoms with Gasteiger partial charge >= 0.3 is 0 Å². The van der Waals surface area contributed by atoms with Gasteiger partial charge in [0, 0.05) is 28.4 Å². The second-order valence-corrected chi connectivity index (χ2v) is 2.51. The Balaban J connectivity index is 3.70. The molecular weight excluding hydrogens is 147 g/mol. The van der Waals surface area contributed by atoms with Gasteiger partial charge in [0.15, 0.2) is 0 Å². The van der Waals surface area contributed by atoms with Gasteiger partial charge in [-0.25, -0.2) is 0 Å². The molecule has 0 rings (SSSR count). The molecule has 0 aromatic carbocycles. The monoisotopic (exact) mass is 160 g/mol. The molecule has 0 aliphatic carbocycles. The molecule has 0 aromatic rings. The van der Waals surface area contributed by atoms with Gasteiger partial charge in [-0.15, -0.1) is 12.3 Å². The van der Waals surface area contributed by atoms with Crippen molar-refractivity contribution in [2.75, 3.05) is 6.61 Å². The summed E-state index contributed by atoms with van der Waals surface area (Å²) >= 11 is 0. The van der Waals surface area contributed by atoms with Crippen LogP contribution in [0.5, 0.6) is 0 Å². The lowest BCUT2D eigenvalue weighted by molar-refractivity contribution is 0.117. The molecule has 0 radical (unpaired) electrons. The number of hydrogen-bond acceptors (Lipinski definition) is 2. The van der Waals surface area contributed by atoms with Gasteiger partial charge in [-0.2, -0.15) is 0 Å². The van der Waals surface area contributed by atoms with Crippen LogP contribution in [0.25, 0.3) is 0 Å². The Morgan fingerprint density at radius 2 is 2.40 bits per heavy atom. The van der Waals surface area contributed by atoms with Crippen molar-refractivity contribution in [1.82, 2.24) is 0 Å². The molecule has 0 aromatic heterocycles. The summed E-state index contributed by atoms with van der Waals surface area (Å²) in [7, 11) is 2.16. The van der Waals surface area contributed by atoms with Gasteiger partial charge in [0.1, 0.15) is 0 Å². The Morgan fingerprint density at radius 3 is 2.70 bits per heavy atom. The summed E-state index contributed by atoms with van der Waals surface area (Å²) < 4.78 is 4.96. The number of rotatable bonds is 4. The standard InChI is InChI=1S/C7H13O2P/c1-3-4-7(9-10)6(2)5-8/h1,6-8H,4-5,10H2,2H3. The predicted molar refractivity (Wildman–Crippen MR) is 44.3 cm³/mol. The maximum atomic E-state index is 8.71. The minimum absolute atomic E-state index is 0.0417. The fraction of sp³-hybridized carbons (Fsp3) is 0.714. The second kappa shape index (κ2) is 5.68. The van der Waals surface area contributed by atoms with Crippen LogP contribution in [0.3, 0.4) is 0 Å². The minimum Gasteiger partial charge on any atom is -0.396 e. The van der Waals surface area contributed by atoms with Crippen LogP contribution >= 0.6 is 9.47 Å². The average Bonchev–Trinajstić information content (AvgIpc) is 1.99. The van der Waals surface area contributed by atoms with E-state index in [9.17, 15) is 0 Å². The van der Waals surface area contributed by atoms with E-state index >= 15 is 0 Å². The molecule has 3 heteroatoms. The molecule has 58 valence electrons. The van der Waals surface area contributed by atoms with E-state index in [0.717, 1.165) is 0 Å². The highest BCUT2D eigenvalue weighted by molar-refractivity contribution is 7.09. The molecule has 0 fully saturated rings. The lowest BCUT2D eigenvalue weighted by Crippen LogP contribution is -2.20. The van der Waals surface area contributed by atoms with Crippen molar-refractivity contribution in [1.29, 1.82) is 0 Å². The fourth-order valence-electron chi connectivity index (χ4n) is 0.617. The lowest BCUT2D eigenvalue weighted by Gasteiger charge is -2.17. The third-order valence-electron chi connectivity index (χ3n) is 1.42. The Labute approximate surface area is 64.3 Å². The molecule has 2 nitrogen and oxygen atoms in total. The van der Waals surface area contributed by atoms with Gasteiger partial charge in [-0.3, -0.25) is 0 Å². The molecule has 0 aliphatic rings. The van der Waals surface area contributed by atoms with Crippen LogP contribution < -0.4 is 0 Å². The predicted octanol–water partition coefficient (Wildman–Crippen LogP) is 0.813. The van der Waals surface area contributed by atoms with Crippen molar-refractivity contribution in [2.45, 2.75) is 19.4 Å². The van der Waals surface area contributed by atoms with Crippen molar-refractivity contribution in [3.05, 3.63) is 0 Å². The smallest absolute Gasteiger partial charge is 0.0767 e. The zero-order chi connectivity index (χ0) is 7.98. The Kier molecular flexibility index (Phi) is 5.63. The van der Waals surface area contributed by atoms with E-state index in [2.05, 4.69) is 15.4 Å². The third kappa shape index (κ3) is 3.17. The number of terminal acetylenes is 1. The lowest BCUT2D eigenvalue weighted by atomic mass is 10.0. The molecule has 1 N–H and O–H groups in total. The summed E-state index contributed by atoms with van der Waals surface area (Å²) in [5, 5.41) is 8.71. The first-order chi connectivity index (χ1) is 4.76. The van der Waals surface area contributed by atoms with E-state index in [1.165, 1.54) is 0 Å². The zero-order valence-electron chi connectivity index (χ0n) is 6.08. The van der Waals surface area contributed by atoms with E-state index in [4.69, 9.17) is 16.1 Å². The molecule has 0 amide bonds. The molecule has 0 saturated carbocycles. The summed E-state index contributed by atoms with van der Waals surface area (Å²) in [6, 6.07) is 0. The van der Waals surface area contributed by atoms with Crippen molar-refractivity contribution < 1.29 is 9.63 Å². The minimum atomic E-state index is -0.0417. The summed E-state index contributed by atoms with van der Waals surface area (Å²) in [5.41, 5.74) is 0. The molecule has 0 saturated heterocycles. The molecule has 3 atom stereocenters. The number of aliphatic hydroxyl groups is 1. The Hall–Kier alpha value is -0.0900. The highest BCUT2D eigenvalue weighted by atomic mass is 31.0. The first-order valence-electron chi connectivity index (χ1n) is 3.16. The highest BCUT2D eigenvalue weighted by Crippen LogP contribution is 2.12. The maximum absolute atomic E-state index is 8.71. The summed E-state index contributed by atoms with van der Waals surface area (Å²) in [4.78, 5) is 0. The molecule has 3 unspecified atom stereocenters. The zero-order valence-corrected chi connectivity index (χ0v) is 7.23. The summed E-state index contributed by atoms with van der Waals surface area (Å²) in [6.45, 7) is 2.01. The number of hydrogen-bond donors (Lipinski definition) is 1. The summed E-state index contributed by atoms with van der Waals surface area (Å²) in [6.07, 6.45) is 5.58. The topological polar surface area (TPSA) is 29.5 Å². The van der Waals surface area contributed by atoms with Crippen LogP contribution in [-0.2, 0) is 4.52 Å². The van der Waals surface area contributed by atoms with Crippen LogP contribution in [0, 0.1) is 18.3 Å². The van der Waals surface area contributed by atoms with E-state index in [1.807, 2.05) is 6.92 Å². The normalized spacial score (nSPS) is 15.8. The van der Waals surface area contributed by atoms with Gasteiger partial charge in [0.25, 0.3) is 0 Å². The quantitative estimate of drug-likeness (QED) is 0.487. The van der Waals surface area contributed by atoms with Crippen molar-refractivity contribution >= 4 is 9.47 Å². The van der Waals surface area contributed by atoms with Crippen molar-refractivity contribution in [2.24, 2.45) is 5.92 Å². The van der Waals surface area contributed by atoms with Crippen molar-refractivity contribution in [3.8, 4) is 12.3 Å². The fourth-order valence-corrected chi connectivity index (χ4v) is 0.982. The first kappa shape index (κ1) is 9.91. The maximum Gasteiger partial charge on any atom is 0.0767 e. The Bertz CT molecular complexity index is 119. The largest absolute Gasteiger partial charge is 0.396 e. The van der Waals surface area contributed by atoms with E-state index in [0.29, 0.717) is 6.42 Å². The van der Waals surface area contributed by atoms with Gasteiger partial charge < -0.3 is 9.63 Å². The van der Waals surface area contributed by atoms with Gasteiger partial charge in [-0.05, 0) is 0 Å². The molecule has 0 heterocycles. The molecule has 0 aliphatic heterocycles. The molecule has 0 bridgehead atoms. The van der Waals surface area contributed by atoms with Crippen molar-refractivity contribution in [3.63, 3.8) is 0 Å². The summed E-state index contributed by atoms with van der Waals surface area (Å²) in [5.74, 6) is 2.59. The molecule has 10 heavy (non-hydrogen) atoms. The van der Waals surface area contributed by atoms with Gasteiger partial charge in [0.05, 0.1) is 6.10 Å². The highest BCUT2D eigenvalue weighted by Gasteiger charge is 2.13. The second-order valence-electron chi connectivity index (χ2n) is 2.24.